The van der Waals surface area contributed by atoms with Gasteiger partial charge in [-0.2, -0.15) is 0 Å². The standard InChI is InChI=1S/C20H30N4/c1-6-16(3)17(4)21-20(7-2)22-18-8-10-19(11-9-18)24-14-12-23(5)13-15-24/h6-11,22H,12-15H2,1-5H3/b16-6-,20-7?,21-17-. The molecule has 0 bridgehead atoms. The second kappa shape index (κ2) is 8.69. The van der Waals surface area contributed by atoms with Crippen molar-refractivity contribution in [1.82, 2.24) is 4.90 Å². The van der Waals surface area contributed by atoms with E-state index >= 15 is 0 Å². The number of rotatable bonds is 5. The van der Waals surface area contributed by atoms with Gasteiger partial charge in [0.05, 0.1) is 0 Å². The zero-order chi connectivity index (χ0) is 17.5. The molecule has 4 heteroatoms. The van der Waals surface area contributed by atoms with Crippen LogP contribution in [-0.4, -0.2) is 43.8 Å². The molecule has 0 aromatic heterocycles. The van der Waals surface area contributed by atoms with E-state index in [0.29, 0.717) is 0 Å². The Morgan fingerprint density at radius 1 is 1.00 bits per heavy atom. The molecule has 2 rings (SSSR count). The van der Waals surface area contributed by atoms with E-state index in [1.165, 1.54) is 11.3 Å². The number of likely N-dealkylation sites (N-methyl/N-ethyl adjacent to an activating group) is 1. The first-order valence-corrected chi connectivity index (χ1v) is 8.69. The Bertz CT molecular complexity index is 618. The van der Waals surface area contributed by atoms with E-state index in [-0.39, 0.29) is 0 Å². The topological polar surface area (TPSA) is 30.9 Å². The Balaban J connectivity index is 2.02. The Hall–Kier alpha value is -2.07. The van der Waals surface area contributed by atoms with Crippen molar-refractivity contribution in [3.05, 3.63) is 47.8 Å². The first-order valence-electron chi connectivity index (χ1n) is 8.69. The highest BCUT2D eigenvalue weighted by Crippen LogP contribution is 2.20. The van der Waals surface area contributed by atoms with Gasteiger partial charge in [0, 0.05) is 43.3 Å². The molecule has 1 aromatic rings. The Morgan fingerprint density at radius 3 is 2.17 bits per heavy atom. The predicted octanol–water partition coefficient (Wildman–Crippen LogP) is 4.14. The number of aliphatic imine (C=N–C) groups is 1. The van der Waals surface area contributed by atoms with Crippen LogP contribution in [0, 0.1) is 0 Å². The molecule has 0 aliphatic carbocycles. The van der Waals surface area contributed by atoms with Gasteiger partial charge in [-0.05, 0) is 70.7 Å². The second-order valence-corrected chi connectivity index (χ2v) is 6.31. The lowest BCUT2D eigenvalue weighted by atomic mass is 10.2. The molecule has 130 valence electrons. The number of benzene rings is 1. The largest absolute Gasteiger partial charge is 0.369 e. The average molecular weight is 326 g/mol. The molecular weight excluding hydrogens is 296 g/mol. The fourth-order valence-corrected chi connectivity index (χ4v) is 2.61. The second-order valence-electron chi connectivity index (χ2n) is 6.31. The molecular formula is C20H30N4. The molecule has 0 amide bonds. The van der Waals surface area contributed by atoms with Crippen molar-refractivity contribution in [3.63, 3.8) is 0 Å². The summed E-state index contributed by atoms with van der Waals surface area (Å²) in [6, 6.07) is 8.64. The summed E-state index contributed by atoms with van der Waals surface area (Å²) in [5.41, 5.74) is 4.59. The molecule has 24 heavy (non-hydrogen) atoms. The van der Waals surface area contributed by atoms with Gasteiger partial charge in [0.1, 0.15) is 5.82 Å². The summed E-state index contributed by atoms with van der Waals surface area (Å²) in [6.07, 6.45) is 4.08. The number of anilines is 2. The minimum absolute atomic E-state index is 0.876. The zero-order valence-corrected chi connectivity index (χ0v) is 15.6. The predicted molar refractivity (Wildman–Crippen MR) is 106 cm³/mol. The van der Waals surface area contributed by atoms with E-state index < -0.39 is 0 Å². The van der Waals surface area contributed by atoms with E-state index in [0.717, 1.165) is 43.4 Å². The summed E-state index contributed by atoms with van der Waals surface area (Å²) in [7, 11) is 2.18. The SMILES string of the molecule is CC=C(/N=C(C)\C(C)=C/C)Nc1ccc(N2CCN(C)CC2)cc1. The van der Waals surface area contributed by atoms with E-state index in [4.69, 9.17) is 0 Å². The van der Waals surface area contributed by atoms with Gasteiger partial charge in [-0.25, -0.2) is 4.99 Å². The normalized spacial score (nSPS) is 18.0. The van der Waals surface area contributed by atoms with E-state index in [2.05, 4.69) is 64.4 Å². The quantitative estimate of drug-likeness (QED) is 0.825. The number of hydrogen-bond acceptors (Lipinski definition) is 4. The highest BCUT2D eigenvalue weighted by molar-refractivity contribution is 5.98. The first kappa shape index (κ1) is 18.3. The van der Waals surface area contributed by atoms with Crippen LogP contribution in [0.15, 0.2) is 52.8 Å². The number of hydrogen-bond donors (Lipinski definition) is 1. The fraction of sp³-hybridized carbons (Fsp3) is 0.450. The molecule has 1 fully saturated rings. The molecule has 1 N–H and O–H groups in total. The van der Waals surface area contributed by atoms with Crippen LogP contribution in [0.1, 0.15) is 27.7 Å². The fourth-order valence-electron chi connectivity index (χ4n) is 2.61. The minimum Gasteiger partial charge on any atom is -0.369 e. The van der Waals surface area contributed by atoms with Crippen LogP contribution in [0.3, 0.4) is 0 Å². The van der Waals surface area contributed by atoms with Gasteiger partial charge in [-0.15, -0.1) is 0 Å². The molecule has 0 atom stereocenters. The average Bonchev–Trinajstić information content (AvgIpc) is 2.61. The highest BCUT2D eigenvalue weighted by Gasteiger charge is 2.13. The van der Waals surface area contributed by atoms with Crippen LogP contribution in [0.4, 0.5) is 11.4 Å². The molecule has 0 radical (unpaired) electrons. The monoisotopic (exact) mass is 326 g/mol. The summed E-state index contributed by atoms with van der Waals surface area (Å²) in [5, 5.41) is 3.40. The maximum Gasteiger partial charge on any atom is 0.126 e. The van der Waals surface area contributed by atoms with Gasteiger partial charge in [-0.3, -0.25) is 0 Å². The van der Waals surface area contributed by atoms with Crippen molar-refractivity contribution >= 4 is 17.1 Å². The maximum absolute atomic E-state index is 4.66. The van der Waals surface area contributed by atoms with Gasteiger partial charge in [-0.1, -0.05) is 6.08 Å². The number of allylic oxidation sites excluding steroid dienone is 3. The zero-order valence-electron chi connectivity index (χ0n) is 15.6. The van der Waals surface area contributed by atoms with Crippen LogP contribution in [0.2, 0.25) is 0 Å². The summed E-state index contributed by atoms with van der Waals surface area (Å²) < 4.78 is 0. The molecule has 0 unspecified atom stereocenters. The lowest BCUT2D eigenvalue weighted by molar-refractivity contribution is 0.313. The van der Waals surface area contributed by atoms with Crippen LogP contribution < -0.4 is 10.2 Å². The molecule has 1 saturated heterocycles. The van der Waals surface area contributed by atoms with Gasteiger partial charge in [0.25, 0.3) is 0 Å². The number of nitrogens with one attached hydrogen (secondary N) is 1. The smallest absolute Gasteiger partial charge is 0.126 e. The summed E-state index contributed by atoms with van der Waals surface area (Å²) in [4.78, 5) is 9.48. The first-order chi connectivity index (χ1) is 11.5. The Kier molecular flexibility index (Phi) is 6.62. The maximum atomic E-state index is 4.66. The van der Waals surface area contributed by atoms with Crippen molar-refractivity contribution in [2.45, 2.75) is 27.7 Å². The summed E-state index contributed by atoms with van der Waals surface area (Å²) in [5.74, 6) is 0.876. The van der Waals surface area contributed by atoms with Gasteiger partial charge in [0.15, 0.2) is 0 Å². The Labute approximate surface area is 146 Å². The van der Waals surface area contributed by atoms with Gasteiger partial charge >= 0.3 is 0 Å². The molecule has 1 aromatic carbocycles. The van der Waals surface area contributed by atoms with Crippen molar-refractivity contribution < 1.29 is 0 Å². The minimum atomic E-state index is 0.876. The third kappa shape index (κ3) is 4.96. The third-order valence-corrected chi connectivity index (χ3v) is 4.57. The molecule has 1 aliphatic heterocycles. The van der Waals surface area contributed by atoms with Crippen LogP contribution in [-0.2, 0) is 0 Å². The Morgan fingerprint density at radius 2 is 1.62 bits per heavy atom. The van der Waals surface area contributed by atoms with Crippen LogP contribution in [0.5, 0.6) is 0 Å². The van der Waals surface area contributed by atoms with Crippen LogP contribution >= 0.6 is 0 Å². The number of piperazine rings is 1. The highest BCUT2D eigenvalue weighted by atomic mass is 15.2. The van der Waals surface area contributed by atoms with Crippen molar-refractivity contribution in [2.75, 3.05) is 43.4 Å². The van der Waals surface area contributed by atoms with E-state index in [1.807, 2.05) is 26.8 Å². The molecule has 0 spiro atoms. The molecule has 0 saturated carbocycles. The van der Waals surface area contributed by atoms with E-state index in [1.54, 1.807) is 0 Å². The summed E-state index contributed by atoms with van der Waals surface area (Å²) >= 11 is 0. The van der Waals surface area contributed by atoms with E-state index in [9.17, 15) is 0 Å². The number of nitrogens with zero attached hydrogens (tertiary/aromatic N) is 3. The van der Waals surface area contributed by atoms with Crippen LogP contribution in [0.25, 0.3) is 0 Å². The van der Waals surface area contributed by atoms with Crippen molar-refractivity contribution in [3.8, 4) is 0 Å². The van der Waals surface area contributed by atoms with Gasteiger partial charge in [0.2, 0.25) is 0 Å². The van der Waals surface area contributed by atoms with Gasteiger partial charge < -0.3 is 15.1 Å². The molecule has 1 aliphatic rings. The lowest BCUT2D eigenvalue weighted by Crippen LogP contribution is -2.44. The third-order valence-electron chi connectivity index (χ3n) is 4.57. The molecule has 1 heterocycles. The lowest BCUT2D eigenvalue weighted by Gasteiger charge is -2.34. The molecule has 4 nitrogen and oxygen atoms in total. The summed E-state index contributed by atoms with van der Waals surface area (Å²) in [6.45, 7) is 12.6. The van der Waals surface area contributed by atoms with Crippen molar-refractivity contribution in [2.24, 2.45) is 4.99 Å². The van der Waals surface area contributed by atoms with Crippen molar-refractivity contribution in [1.29, 1.82) is 0 Å².